The third-order valence-corrected chi connectivity index (χ3v) is 5.58. The van der Waals surface area contributed by atoms with E-state index in [0.29, 0.717) is 12.2 Å². The molecule has 0 saturated heterocycles. The first-order valence-corrected chi connectivity index (χ1v) is 8.87. The van der Waals surface area contributed by atoms with Crippen LogP contribution in [0, 0.1) is 11.3 Å². The van der Waals surface area contributed by atoms with Gasteiger partial charge in [0.1, 0.15) is 5.60 Å². The van der Waals surface area contributed by atoms with Crippen molar-refractivity contribution >= 4 is 23.7 Å². The molecule has 3 heterocycles. The van der Waals surface area contributed by atoms with Crippen molar-refractivity contribution < 1.29 is 4.74 Å². The summed E-state index contributed by atoms with van der Waals surface area (Å²) in [7, 11) is 0. The fourth-order valence-electron chi connectivity index (χ4n) is 3.43. The lowest BCUT2D eigenvalue weighted by Gasteiger charge is -2.29. The highest BCUT2D eigenvalue weighted by molar-refractivity contribution is 7.10. The minimum atomic E-state index is -0.391. The monoisotopic (exact) mass is 371 g/mol. The highest BCUT2D eigenvalue weighted by Gasteiger charge is 2.42. The summed E-state index contributed by atoms with van der Waals surface area (Å²) < 4.78 is 8.44. The van der Waals surface area contributed by atoms with Crippen molar-refractivity contribution in [1.82, 2.24) is 9.55 Å². The van der Waals surface area contributed by atoms with Crippen molar-refractivity contribution in [3.63, 3.8) is 0 Å². The summed E-state index contributed by atoms with van der Waals surface area (Å²) in [5.41, 5.74) is 2.63. The number of hydrogen-bond donors (Lipinski definition) is 0. The van der Waals surface area contributed by atoms with Crippen molar-refractivity contribution in [3.05, 3.63) is 76.0 Å². The maximum absolute atomic E-state index is 9.13. The van der Waals surface area contributed by atoms with Crippen molar-refractivity contribution in [3.8, 4) is 6.07 Å². The van der Waals surface area contributed by atoms with Gasteiger partial charge in [0, 0.05) is 23.8 Å². The zero-order valence-corrected chi connectivity index (χ0v) is 15.2. The van der Waals surface area contributed by atoms with Crippen LogP contribution in [0.1, 0.15) is 34.4 Å². The molecule has 0 amide bonds. The van der Waals surface area contributed by atoms with E-state index in [-0.39, 0.29) is 12.4 Å². The molecule has 128 valence electrons. The summed E-state index contributed by atoms with van der Waals surface area (Å²) in [5, 5.41) is 11.2. The van der Waals surface area contributed by atoms with Crippen molar-refractivity contribution in [1.29, 1.82) is 5.26 Å². The Balaban J connectivity index is 0.00000182. The third-order valence-electron chi connectivity index (χ3n) is 4.57. The van der Waals surface area contributed by atoms with Crippen LogP contribution in [0.4, 0.5) is 0 Å². The van der Waals surface area contributed by atoms with Gasteiger partial charge in [-0.2, -0.15) is 5.26 Å². The SMILES string of the molecule is Cl.N#Cc1ccc2c(c1)COC2(CCCn1ccnc1)c1cccs1. The number of benzene rings is 1. The molecular formula is C19H18ClN3OS. The molecule has 0 N–H and O–H groups in total. The number of aryl methyl sites for hydroxylation is 1. The van der Waals surface area contributed by atoms with Crippen LogP contribution in [0.3, 0.4) is 0 Å². The molecule has 1 aliphatic rings. The molecule has 4 nitrogen and oxygen atoms in total. The van der Waals surface area contributed by atoms with Gasteiger partial charge in [0.15, 0.2) is 0 Å². The van der Waals surface area contributed by atoms with E-state index in [4.69, 9.17) is 10.00 Å². The van der Waals surface area contributed by atoms with Gasteiger partial charge in [-0.3, -0.25) is 0 Å². The summed E-state index contributed by atoms with van der Waals surface area (Å²) in [6, 6.07) is 12.4. The van der Waals surface area contributed by atoms with E-state index in [2.05, 4.69) is 39.2 Å². The Kier molecular flexibility index (Phi) is 5.24. The Labute approximate surface area is 157 Å². The molecular weight excluding hydrogens is 354 g/mol. The first-order valence-electron chi connectivity index (χ1n) is 7.99. The number of imidazole rings is 1. The van der Waals surface area contributed by atoms with Crippen LogP contribution >= 0.6 is 23.7 Å². The van der Waals surface area contributed by atoms with E-state index in [0.717, 1.165) is 24.9 Å². The Morgan fingerprint density at radius 3 is 3.00 bits per heavy atom. The van der Waals surface area contributed by atoms with Crippen LogP contribution in [0.15, 0.2) is 54.4 Å². The maximum Gasteiger partial charge on any atom is 0.128 e. The summed E-state index contributed by atoms with van der Waals surface area (Å²) in [5.74, 6) is 0. The second-order valence-electron chi connectivity index (χ2n) is 5.98. The van der Waals surface area contributed by atoms with Crippen LogP contribution in [0.25, 0.3) is 0 Å². The molecule has 1 aliphatic heterocycles. The van der Waals surface area contributed by atoms with Gasteiger partial charge in [-0.05, 0) is 47.5 Å². The Hall–Kier alpha value is -2.13. The van der Waals surface area contributed by atoms with Gasteiger partial charge < -0.3 is 9.30 Å². The molecule has 0 radical (unpaired) electrons. The van der Waals surface area contributed by atoms with E-state index in [1.807, 2.05) is 24.7 Å². The number of hydrogen-bond acceptors (Lipinski definition) is 4. The van der Waals surface area contributed by atoms with Crippen molar-refractivity contribution in [2.45, 2.75) is 31.6 Å². The van der Waals surface area contributed by atoms with E-state index < -0.39 is 5.60 Å². The molecule has 6 heteroatoms. The lowest BCUT2D eigenvalue weighted by atomic mass is 9.86. The van der Waals surface area contributed by atoms with Gasteiger partial charge in [-0.25, -0.2) is 4.98 Å². The second-order valence-corrected chi connectivity index (χ2v) is 6.93. The number of nitrogens with zero attached hydrogens (tertiary/aromatic N) is 3. The average Bonchev–Trinajstić information content (AvgIpc) is 3.36. The quantitative estimate of drug-likeness (QED) is 0.663. The molecule has 25 heavy (non-hydrogen) atoms. The Morgan fingerprint density at radius 1 is 1.36 bits per heavy atom. The summed E-state index contributed by atoms with van der Waals surface area (Å²) in [6.45, 7) is 1.48. The first kappa shape index (κ1) is 17.7. The minimum Gasteiger partial charge on any atom is -0.360 e. The minimum absolute atomic E-state index is 0. The van der Waals surface area contributed by atoms with Crippen LogP contribution in [0.2, 0.25) is 0 Å². The molecule has 2 aromatic heterocycles. The number of fused-ring (bicyclic) bond motifs is 1. The average molecular weight is 372 g/mol. The van der Waals surface area contributed by atoms with Gasteiger partial charge in [0.25, 0.3) is 0 Å². The predicted octanol–water partition coefficient (Wildman–Crippen LogP) is 4.49. The molecule has 0 spiro atoms. The van der Waals surface area contributed by atoms with Gasteiger partial charge >= 0.3 is 0 Å². The zero-order valence-electron chi connectivity index (χ0n) is 13.6. The largest absolute Gasteiger partial charge is 0.360 e. The van der Waals surface area contributed by atoms with E-state index in [9.17, 15) is 0 Å². The molecule has 0 bridgehead atoms. The first-order chi connectivity index (χ1) is 11.8. The number of thiophene rings is 1. The smallest absolute Gasteiger partial charge is 0.128 e. The standard InChI is InChI=1S/C19H17N3OS.ClH/c20-12-15-4-5-17-16(11-15)13-23-19(17,18-3-1-10-24-18)6-2-8-22-9-7-21-14-22;/h1,3-5,7,9-11,14H,2,6,8,13H2;1H. The van der Waals surface area contributed by atoms with Gasteiger partial charge in [-0.1, -0.05) is 12.1 Å². The lowest BCUT2D eigenvalue weighted by Crippen LogP contribution is -2.26. The van der Waals surface area contributed by atoms with Gasteiger partial charge in [0.05, 0.1) is 24.6 Å². The molecule has 0 fully saturated rings. The highest BCUT2D eigenvalue weighted by Crippen LogP contribution is 2.47. The summed E-state index contributed by atoms with van der Waals surface area (Å²) >= 11 is 1.73. The molecule has 1 unspecified atom stereocenters. The number of aromatic nitrogens is 2. The number of rotatable bonds is 5. The number of nitriles is 1. The topological polar surface area (TPSA) is 50.8 Å². The van der Waals surface area contributed by atoms with E-state index in [1.165, 1.54) is 10.4 Å². The van der Waals surface area contributed by atoms with E-state index in [1.54, 1.807) is 17.5 Å². The fourth-order valence-corrected chi connectivity index (χ4v) is 4.35. The zero-order chi connectivity index (χ0) is 16.4. The van der Waals surface area contributed by atoms with Gasteiger partial charge in [0.2, 0.25) is 0 Å². The Morgan fingerprint density at radius 2 is 2.28 bits per heavy atom. The molecule has 0 saturated carbocycles. The van der Waals surface area contributed by atoms with Crippen LogP contribution < -0.4 is 0 Å². The Bertz CT molecular complexity index is 871. The molecule has 4 rings (SSSR count). The summed E-state index contributed by atoms with van der Waals surface area (Å²) in [4.78, 5) is 5.33. The van der Waals surface area contributed by atoms with Crippen LogP contribution in [-0.4, -0.2) is 9.55 Å². The molecule has 1 atom stereocenters. The van der Waals surface area contributed by atoms with Crippen molar-refractivity contribution in [2.75, 3.05) is 0 Å². The second kappa shape index (κ2) is 7.40. The number of ether oxygens (including phenoxy) is 1. The molecule has 1 aromatic carbocycles. The van der Waals surface area contributed by atoms with E-state index >= 15 is 0 Å². The molecule has 3 aromatic rings. The predicted molar refractivity (Wildman–Crippen MR) is 99.8 cm³/mol. The maximum atomic E-state index is 9.13. The van der Waals surface area contributed by atoms with Gasteiger partial charge in [-0.15, -0.1) is 23.7 Å². The van der Waals surface area contributed by atoms with Crippen molar-refractivity contribution in [2.24, 2.45) is 0 Å². The highest BCUT2D eigenvalue weighted by atomic mass is 35.5. The third kappa shape index (κ3) is 3.21. The van der Waals surface area contributed by atoms with Crippen LogP contribution in [-0.2, 0) is 23.5 Å². The summed E-state index contributed by atoms with van der Waals surface area (Å²) in [6.07, 6.45) is 7.54. The lowest BCUT2D eigenvalue weighted by molar-refractivity contribution is -0.0110. The van der Waals surface area contributed by atoms with Crippen LogP contribution in [0.5, 0.6) is 0 Å². The molecule has 0 aliphatic carbocycles. The number of halogens is 1. The fraction of sp³-hybridized carbons (Fsp3) is 0.263. The normalized spacial score (nSPS) is 18.4.